The predicted octanol–water partition coefficient (Wildman–Crippen LogP) is 2.24. The second-order valence-corrected chi connectivity index (χ2v) is 6.82. The third kappa shape index (κ3) is 2.92. The Hall–Kier alpha value is -1.07. The van der Waals surface area contributed by atoms with Crippen molar-refractivity contribution in [2.24, 2.45) is 0 Å². The number of hydrogen-bond acceptors (Lipinski definition) is 4. The quantitative estimate of drug-likeness (QED) is 0.893. The van der Waals surface area contributed by atoms with E-state index < -0.39 is 0 Å². The molecule has 19 heavy (non-hydrogen) atoms. The minimum Gasteiger partial charge on any atom is -0.390 e. The number of nitrogen functional groups attached to an aromatic ring is 1. The first-order valence-corrected chi connectivity index (χ1v) is 7.66. The van der Waals surface area contributed by atoms with E-state index in [2.05, 4.69) is 24.1 Å². The Kier molecular flexibility index (Phi) is 4.16. The molecule has 1 aromatic rings. The Bertz CT molecular complexity index is 479. The van der Waals surface area contributed by atoms with Crippen molar-refractivity contribution in [2.75, 3.05) is 12.3 Å². The van der Waals surface area contributed by atoms with Crippen molar-refractivity contribution < 1.29 is 4.79 Å². The van der Waals surface area contributed by atoms with Crippen LogP contribution in [-0.4, -0.2) is 29.4 Å². The molecule has 0 radical (unpaired) electrons. The second kappa shape index (κ2) is 5.51. The van der Waals surface area contributed by atoms with Crippen molar-refractivity contribution in [3.05, 3.63) is 16.0 Å². The summed E-state index contributed by atoms with van der Waals surface area (Å²) in [5.74, 6) is -0.0250. The lowest BCUT2D eigenvalue weighted by Crippen LogP contribution is -2.36. The lowest BCUT2D eigenvalue weighted by atomic mass is 10.0. The van der Waals surface area contributed by atoms with Crippen molar-refractivity contribution in [3.8, 4) is 0 Å². The molecule has 0 atom stereocenters. The van der Waals surface area contributed by atoms with Gasteiger partial charge in [-0.15, -0.1) is 11.3 Å². The number of hydrogen-bond donors (Lipinski definition) is 2. The van der Waals surface area contributed by atoms with Gasteiger partial charge in [0.2, 0.25) is 0 Å². The Morgan fingerprint density at radius 3 is 2.63 bits per heavy atom. The van der Waals surface area contributed by atoms with Gasteiger partial charge in [0, 0.05) is 30.1 Å². The molecule has 5 heteroatoms. The van der Waals surface area contributed by atoms with Crippen molar-refractivity contribution in [3.63, 3.8) is 0 Å². The normalized spacial score (nSPS) is 15.9. The van der Waals surface area contributed by atoms with E-state index in [4.69, 9.17) is 5.73 Å². The zero-order valence-electron chi connectivity index (χ0n) is 12.1. The van der Waals surface area contributed by atoms with Crippen LogP contribution in [0.5, 0.6) is 0 Å². The van der Waals surface area contributed by atoms with Crippen LogP contribution >= 0.6 is 11.3 Å². The number of rotatable bonds is 3. The van der Waals surface area contributed by atoms with E-state index in [1.807, 2.05) is 13.8 Å². The minimum atomic E-state index is -0.0250. The molecular formula is C14H23N3OS. The average molecular weight is 281 g/mol. The van der Waals surface area contributed by atoms with Crippen LogP contribution in [0.4, 0.5) is 5.00 Å². The largest absolute Gasteiger partial charge is 0.390 e. The molecule has 3 N–H and O–H groups in total. The van der Waals surface area contributed by atoms with Crippen molar-refractivity contribution in [1.29, 1.82) is 0 Å². The maximum absolute atomic E-state index is 12.2. The highest BCUT2D eigenvalue weighted by Gasteiger charge is 2.27. The van der Waals surface area contributed by atoms with Gasteiger partial charge in [0.1, 0.15) is 0 Å². The van der Waals surface area contributed by atoms with Crippen LogP contribution in [0.15, 0.2) is 0 Å². The van der Waals surface area contributed by atoms with Gasteiger partial charge in [0.25, 0.3) is 5.91 Å². The molecule has 0 saturated heterocycles. The number of nitrogens with one attached hydrogen (secondary N) is 1. The fourth-order valence-corrected chi connectivity index (χ4v) is 3.61. The first kappa shape index (κ1) is 14.3. The molecule has 1 amide bonds. The number of fused-ring (bicyclic) bond motifs is 1. The molecule has 0 spiro atoms. The summed E-state index contributed by atoms with van der Waals surface area (Å²) in [6, 6.07) is 0.669. The number of carbonyl (C=O) groups is 1. The zero-order chi connectivity index (χ0) is 14.2. The highest BCUT2D eigenvalue weighted by Crippen LogP contribution is 2.35. The minimum absolute atomic E-state index is 0.0250. The van der Waals surface area contributed by atoms with Gasteiger partial charge in [-0.2, -0.15) is 0 Å². The van der Waals surface area contributed by atoms with Crippen LogP contribution in [0.1, 0.15) is 48.5 Å². The molecule has 2 heterocycles. The summed E-state index contributed by atoms with van der Waals surface area (Å²) in [5, 5.41) is 3.61. The molecule has 4 nitrogen and oxygen atoms in total. The zero-order valence-corrected chi connectivity index (χ0v) is 12.9. The number of nitrogens with two attached hydrogens (primary N) is 1. The van der Waals surface area contributed by atoms with Crippen LogP contribution in [0, 0.1) is 0 Å². The van der Waals surface area contributed by atoms with E-state index >= 15 is 0 Å². The van der Waals surface area contributed by atoms with Gasteiger partial charge in [-0.3, -0.25) is 9.69 Å². The van der Waals surface area contributed by atoms with Gasteiger partial charge in [-0.05, 0) is 39.7 Å². The Morgan fingerprint density at radius 2 is 2.05 bits per heavy atom. The molecule has 0 aromatic carbocycles. The van der Waals surface area contributed by atoms with E-state index in [1.165, 1.54) is 4.88 Å². The molecule has 0 aliphatic carbocycles. The lowest BCUT2D eigenvalue weighted by Gasteiger charge is -2.30. The number of thiophene rings is 1. The number of carbonyl (C=O) groups excluding carboxylic acids is 1. The molecule has 106 valence electrons. The number of nitrogens with zero attached hydrogens (tertiary/aromatic N) is 1. The molecule has 0 fully saturated rings. The number of anilines is 1. The van der Waals surface area contributed by atoms with Gasteiger partial charge < -0.3 is 11.1 Å². The maximum atomic E-state index is 12.2. The summed E-state index contributed by atoms with van der Waals surface area (Å²) in [6.45, 7) is 10.3. The standard InChI is InChI=1S/C14H23N3OS/c1-8(2)16-14(18)12-10-5-6-17(9(3)4)7-11(10)19-13(12)15/h8-9H,5-7,15H2,1-4H3,(H,16,18). The van der Waals surface area contributed by atoms with Crippen LogP contribution in [0.2, 0.25) is 0 Å². The summed E-state index contributed by atoms with van der Waals surface area (Å²) >= 11 is 1.57. The van der Waals surface area contributed by atoms with E-state index in [1.54, 1.807) is 11.3 Å². The van der Waals surface area contributed by atoms with Gasteiger partial charge in [0.05, 0.1) is 10.6 Å². The molecule has 0 unspecified atom stereocenters. The first-order chi connectivity index (χ1) is 8.90. The van der Waals surface area contributed by atoms with Gasteiger partial charge in [-0.25, -0.2) is 0 Å². The second-order valence-electron chi connectivity index (χ2n) is 5.69. The lowest BCUT2D eigenvalue weighted by molar-refractivity contribution is 0.0942. The van der Waals surface area contributed by atoms with Crippen LogP contribution in [0.25, 0.3) is 0 Å². The first-order valence-electron chi connectivity index (χ1n) is 6.85. The van der Waals surface area contributed by atoms with Gasteiger partial charge in [0.15, 0.2) is 0 Å². The van der Waals surface area contributed by atoms with Crippen molar-refractivity contribution in [2.45, 2.75) is 52.7 Å². The molecular weight excluding hydrogens is 258 g/mol. The topological polar surface area (TPSA) is 58.4 Å². The summed E-state index contributed by atoms with van der Waals surface area (Å²) in [7, 11) is 0. The predicted molar refractivity (Wildman–Crippen MR) is 80.6 cm³/mol. The molecule has 0 bridgehead atoms. The van der Waals surface area contributed by atoms with E-state index in [9.17, 15) is 4.79 Å². The summed E-state index contributed by atoms with van der Waals surface area (Å²) in [4.78, 5) is 15.9. The van der Waals surface area contributed by atoms with Crippen LogP contribution in [0.3, 0.4) is 0 Å². The Morgan fingerprint density at radius 1 is 1.37 bits per heavy atom. The average Bonchev–Trinajstić information content (AvgIpc) is 2.62. The Balaban J connectivity index is 2.27. The van der Waals surface area contributed by atoms with E-state index in [0.717, 1.165) is 30.6 Å². The fourth-order valence-electron chi connectivity index (χ4n) is 2.47. The molecule has 2 rings (SSSR count). The van der Waals surface area contributed by atoms with Crippen LogP contribution in [-0.2, 0) is 13.0 Å². The SMILES string of the molecule is CC(C)NC(=O)c1c(N)sc2c1CCN(C(C)C)C2. The fraction of sp³-hybridized carbons (Fsp3) is 0.643. The Labute approximate surface area is 119 Å². The molecule has 1 aliphatic rings. The van der Waals surface area contributed by atoms with E-state index in [0.29, 0.717) is 11.0 Å². The molecule has 0 saturated carbocycles. The summed E-state index contributed by atoms with van der Waals surface area (Å²) in [6.07, 6.45) is 0.919. The highest BCUT2D eigenvalue weighted by atomic mass is 32.1. The summed E-state index contributed by atoms with van der Waals surface area (Å²) < 4.78 is 0. The smallest absolute Gasteiger partial charge is 0.254 e. The number of amides is 1. The highest BCUT2D eigenvalue weighted by molar-refractivity contribution is 7.16. The maximum Gasteiger partial charge on any atom is 0.254 e. The van der Waals surface area contributed by atoms with Crippen LogP contribution < -0.4 is 11.1 Å². The van der Waals surface area contributed by atoms with Gasteiger partial charge in [-0.1, -0.05) is 0 Å². The van der Waals surface area contributed by atoms with Gasteiger partial charge >= 0.3 is 0 Å². The monoisotopic (exact) mass is 281 g/mol. The van der Waals surface area contributed by atoms with Crippen molar-refractivity contribution >= 4 is 22.2 Å². The molecule has 1 aromatic heterocycles. The van der Waals surface area contributed by atoms with E-state index in [-0.39, 0.29) is 11.9 Å². The third-order valence-corrected chi connectivity index (χ3v) is 4.54. The third-order valence-electron chi connectivity index (χ3n) is 3.49. The van der Waals surface area contributed by atoms with Crippen molar-refractivity contribution in [1.82, 2.24) is 10.2 Å². The molecule has 1 aliphatic heterocycles. The summed E-state index contributed by atoms with van der Waals surface area (Å²) in [5.41, 5.74) is 7.94.